The van der Waals surface area contributed by atoms with Crippen molar-refractivity contribution >= 4 is 17.2 Å². The van der Waals surface area contributed by atoms with Crippen LogP contribution in [0.15, 0.2) is 61.2 Å². The number of benzene rings is 1. The minimum atomic E-state index is -0.227. The second kappa shape index (κ2) is 7.56. The lowest BCUT2D eigenvalue weighted by molar-refractivity contribution is -0.118. The maximum Gasteiger partial charge on any atom is 0.262 e. The van der Waals surface area contributed by atoms with E-state index >= 15 is 0 Å². The molecule has 1 N–H and O–H groups in total. The summed E-state index contributed by atoms with van der Waals surface area (Å²) in [4.78, 5) is 16.8. The topological polar surface area (TPSA) is 73.5 Å². The van der Waals surface area contributed by atoms with Crippen LogP contribution in [-0.4, -0.2) is 31.7 Å². The summed E-state index contributed by atoms with van der Waals surface area (Å²) < 4.78 is 9.39. The first-order valence-corrected chi connectivity index (χ1v) is 9.02. The molecule has 0 saturated carbocycles. The summed E-state index contributed by atoms with van der Waals surface area (Å²) in [5.74, 6) is 0.523. The van der Waals surface area contributed by atoms with Gasteiger partial charge in [0.15, 0.2) is 6.61 Å². The van der Waals surface area contributed by atoms with Crippen LogP contribution in [0.1, 0.15) is 16.8 Å². The van der Waals surface area contributed by atoms with Gasteiger partial charge in [-0.3, -0.25) is 9.48 Å². The van der Waals surface area contributed by atoms with Crippen LogP contribution in [0.25, 0.3) is 5.65 Å². The first-order chi connectivity index (χ1) is 13.6. The highest BCUT2D eigenvalue weighted by Gasteiger charge is 2.09. The third kappa shape index (κ3) is 3.88. The minimum absolute atomic E-state index is 0.0523. The summed E-state index contributed by atoms with van der Waals surface area (Å²) in [5, 5.41) is 7.10. The third-order valence-corrected chi connectivity index (χ3v) is 4.41. The van der Waals surface area contributed by atoms with Gasteiger partial charge in [0, 0.05) is 18.6 Å². The number of fused-ring (bicyclic) bond motifs is 1. The number of aryl methyl sites for hydroxylation is 2. The lowest BCUT2D eigenvalue weighted by Crippen LogP contribution is -2.20. The van der Waals surface area contributed by atoms with Crippen LogP contribution >= 0.6 is 0 Å². The van der Waals surface area contributed by atoms with Gasteiger partial charge in [0.1, 0.15) is 11.4 Å². The van der Waals surface area contributed by atoms with Crippen molar-refractivity contribution in [2.45, 2.75) is 20.4 Å². The molecule has 0 saturated heterocycles. The molecule has 0 atom stereocenters. The van der Waals surface area contributed by atoms with Gasteiger partial charge in [-0.25, -0.2) is 4.98 Å². The van der Waals surface area contributed by atoms with E-state index in [1.807, 2.05) is 67.0 Å². The number of rotatable bonds is 6. The summed E-state index contributed by atoms with van der Waals surface area (Å²) in [7, 11) is 0. The minimum Gasteiger partial charge on any atom is -0.483 e. The molecule has 142 valence electrons. The van der Waals surface area contributed by atoms with Gasteiger partial charge < -0.3 is 14.5 Å². The number of nitrogens with one attached hydrogen (secondary N) is 1. The molecule has 28 heavy (non-hydrogen) atoms. The van der Waals surface area contributed by atoms with E-state index < -0.39 is 0 Å². The number of carbonyl (C=O) groups is 1. The van der Waals surface area contributed by atoms with Crippen LogP contribution in [0.5, 0.6) is 5.75 Å². The fourth-order valence-electron chi connectivity index (χ4n) is 3.11. The molecule has 0 fully saturated rings. The number of hydrogen-bond donors (Lipinski definition) is 1. The second-order valence-electron chi connectivity index (χ2n) is 6.68. The van der Waals surface area contributed by atoms with Crippen LogP contribution in [0.3, 0.4) is 0 Å². The van der Waals surface area contributed by atoms with Gasteiger partial charge in [-0.15, -0.1) is 0 Å². The Labute approximate surface area is 162 Å². The van der Waals surface area contributed by atoms with Crippen LogP contribution in [0, 0.1) is 13.8 Å². The molecule has 0 spiro atoms. The molecule has 7 nitrogen and oxygen atoms in total. The van der Waals surface area contributed by atoms with Crippen LogP contribution in [0.4, 0.5) is 5.69 Å². The zero-order valence-corrected chi connectivity index (χ0v) is 15.8. The Bertz CT molecular complexity index is 1080. The second-order valence-corrected chi connectivity index (χ2v) is 6.68. The van der Waals surface area contributed by atoms with Gasteiger partial charge >= 0.3 is 0 Å². The summed E-state index contributed by atoms with van der Waals surface area (Å²) in [6.07, 6.45) is 7.32. The molecule has 0 aliphatic heterocycles. The van der Waals surface area contributed by atoms with Crippen molar-refractivity contribution in [3.63, 3.8) is 0 Å². The molecular formula is C21H21N5O2. The molecule has 1 amide bonds. The van der Waals surface area contributed by atoms with E-state index in [4.69, 9.17) is 4.74 Å². The Balaban J connectivity index is 1.35. The molecule has 1 aromatic carbocycles. The van der Waals surface area contributed by atoms with E-state index in [0.717, 1.165) is 28.2 Å². The van der Waals surface area contributed by atoms with Crippen molar-refractivity contribution in [3.8, 4) is 5.75 Å². The van der Waals surface area contributed by atoms with Gasteiger partial charge in [-0.05, 0) is 37.1 Å². The molecule has 4 aromatic rings. The Kier molecular flexibility index (Phi) is 4.80. The molecule has 0 radical (unpaired) electrons. The number of aromatic nitrogens is 4. The van der Waals surface area contributed by atoms with Crippen LogP contribution in [0.2, 0.25) is 0 Å². The Morgan fingerprint density at radius 3 is 2.71 bits per heavy atom. The Hall–Kier alpha value is -3.61. The number of ether oxygens (including phenoxy) is 1. The van der Waals surface area contributed by atoms with Gasteiger partial charge in [0.25, 0.3) is 5.91 Å². The van der Waals surface area contributed by atoms with E-state index in [2.05, 4.69) is 15.4 Å². The molecule has 3 aromatic heterocycles. The van der Waals surface area contributed by atoms with Crippen molar-refractivity contribution in [2.75, 3.05) is 11.9 Å². The van der Waals surface area contributed by atoms with E-state index in [1.165, 1.54) is 0 Å². The Morgan fingerprint density at radius 1 is 1.11 bits per heavy atom. The number of imidazole rings is 1. The zero-order valence-electron chi connectivity index (χ0n) is 15.8. The first-order valence-electron chi connectivity index (χ1n) is 9.02. The number of nitrogens with zero attached hydrogens (tertiary/aromatic N) is 4. The highest BCUT2D eigenvalue weighted by molar-refractivity contribution is 5.91. The number of para-hydroxylation sites is 1. The summed E-state index contributed by atoms with van der Waals surface area (Å²) in [5.41, 5.74) is 4.42. The fourth-order valence-corrected chi connectivity index (χ4v) is 3.11. The average molecular weight is 375 g/mol. The van der Waals surface area contributed by atoms with Crippen LogP contribution in [-0.2, 0) is 11.3 Å². The quantitative estimate of drug-likeness (QED) is 0.562. The summed E-state index contributed by atoms with van der Waals surface area (Å²) in [6, 6.07) is 11.8. The lowest BCUT2D eigenvalue weighted by atomic mass is 10.1. The molecule has 0 aliphatic rings. The molecule has 0 aliphatic carbocycles. The van der Waals surface area contributed by atoms with E-state index in [0.29, 0.717) is 12.2 Å². The number of carbonyl (C=O) groups excluding carboxylic acids is 1. The molecular weight excluding hydrogens is 354 g/mol. The average Bonchev–Trinajstić information content (AvgIpc) is 3.27. The molecule has 0 unspecified atom stereocenters. The van der Waals surface area contributed by atoms with E-state index in [-0.39, 0.29) is 12.5 Å². The largest absolute Gasteiger partial charge is 0.483 e. The number of amides is 1. The maximum atomic E-state index is 12.2. The smallest absolute Gasteiger partial charge is 0.262 e. The van der Waals surface area contributed by atoms with Crippen molar-refractivity contribution < 1.29 is 9.53 Å². The molecule has 3 heterocycles. The van der Waals surface area contributed by atoms with Gasteiger partial charge in [-0.2, -0.15) is 5.10 Å². The fraction of sp³-hybridized carbons (Fsp3) is 0.190. The summed E-state index contributed by atoms with van der Waals surface area (Å²) in [6.45, 7) is 4.40. The third-order valence-electron chi connectivity index (χ3n) is 4.41. The number of hydrogen-bond acceptors (Lipinski definition) is 4. The van der Waals surface area contributed by atoms with Crippen molar-refractivity contribution in [1.82, 2.24) is 19.2 Å². The Morgan fingerprint density at radius 2 is 1.93 bits per heavy atom. The van der Waals surface area contributed by atoms with E-state index in [9.17, 15) is 4.79 Å². The summed E-state index contributed by atoms with van der Waals surface area (Å²) >= 11 is 0. The zero-order chi connectivity index (χ0) is 19.5. The van der Waals surface area contributed by atoms with Crippen molar-refractivity contribution in [1.29, 1.82) is 0 Å². The highest BCUT2D eigenvalue weighted by atomic mass is 16.5. The van der Waals surface area contributed by atoms with Crippen LogP contribution < -0.4 is 10.1 Å². The predicted molar refractivity (Wildman–Crippen MR) is 107 cm³/mol. The standard InChI is InChI=1S/C21H21N5O2/c1-15-6-5-7-16(2)21(15)28-14-20(27)24-17-10-22-26(12-17)13-18-11-25-9-4-3-8-19(25)23-18/h3-12H,13-14H2,1-2H3,(H,24,27). The number of anilines is 1. The lowest BCUT2D eigenvalue weighted by Gasteiger charge is -2.11. The van der Waals surface area contributed by atoms with Crippen molar-refractivity contribution in [3.05, 3.63) is 78.0 Å². The van der Waals surface area contributed by atoms with Gasteiger partial charge in [0.2, 0.25) is 0 Å². The molecule has 0 bridgehead atoms. The first kappa shape index (κ1) is 17.8. The predicted octanol–water partition coefficient (Wildman–Crippen LogP) is 3.21. The van der Waals surface area contributed by atoms with Gasteiger partial charge in [-0.1, -0.05) is 24.3 Å². The molecule has 4 rings (SSSR count). The maximum absolute atomic E-state index is 12.2. The normalized spacial score (nSPS) is 10.9. The monoisotopic (exact) mass is 375 g/mol. The SMILES string of the molecule is Cc1cccc(C)c1OCC(=O)Nc1cnn(Cc2cn3ccccc3n2)c1. The molecule has 7 heteroatoms. The van der Waals surface area contributed by atoms with Crippen molar-refractivity contribution in [2.24, 2.45) is 0 Å². The van der Waals surface area contributed by atoms with Gasteiger partial charge in [0.05, 0.1) is 24.1 Å². The highest BCUT2D eigenvalue weighted by Crippen LogP contribution is 2.22. The van der Waals surface area contributed by atoms with E-state index in [1.54, 1.807) is 17.1 Å². The number of pyridine rings is 1.